The van der Waals surface area contributed by atoms with E-state index in [4.69, 9.17) is 23.7 Å². The van der Waals surface area contributed by atoms with Gasteiger partial charge in [0.25, 0.3) is 0 Å². The maximum absolute atomic E-state index is 13.7. The molecule has 0 bridgehead atoms. The molecule has 0 N–H and O–H groups in total. The van der Waals surface area contributed by atoms with Crippen molar-refractivity contribution in [3.05, 3.63) is 174 Å². The van der Waals surface area contributed by atoms with Crippen molar-refractivity contribution >= 4 is 23.7 Å². The first kappa shape index (κ1) is 33.2. The van der Waals surface area contributed by atoms with Crippen molar-refractivity contribution in [2.75, 3.05) is 6.61 Å². The molecule has 0 saturated carbocycles. The molecule has 5 atom stereocenters. The Kier molecular flexibility index (Phi) is 11.7. The van der Waals surface area contributed by atoms with Gasteiger partial charge in [-0.15, -0.1) is 0 Å². The van der Waals surface area contributed by atoms with Gasteiger partial charge >= 0.3 is 11.9 Å². The zero-order valence-electron chi connectivity index (χ0n) is 26.2. The lowest BCUT2D eigenvalue weighted by Crippen LogP contribution is -2.61. The van der Waals surface area contributed by atoms with E-state index in [2.05, 4.69) is 0 Å². The maximum atomic E-state index is 13.7. The summed E-state index contributed by atoms with van der Waals surface area (Å²) in [6.45, 7) is 0.322. The Morgan fingerprint density at radius 2 is 1.00 bits per heavy atom. The normalized spacial score (nSPS) is 20.5. The van der Waals surface area contributed by atoms with Crippen LogP contribution in [0.25, 0.3) is 0 Å². The standard InChI is InChI=1S/C40H36O7S/c41-38(31-20-10-3-11-21-31)45-28-34-35(43-26-29-16-6-1-7-17-29)36(47-39(42)32-22-12-4-13-23-32)37(44-27-30-18-8-2-9-19-30)40(46-34)48-33-24-14-5-15-25-33/h1-25,34-37,40H,26-28H2/t34?,35-,36-,37?,40-/m0/s1. The van der Waals surface area contributed by atoms with Crippen LogP contribution in [-0.4, -0.2) is 48.4 Å². The van der Waals surface area contributed by atoms with Gasteiger partial charge in [-0.2, -0.15) is 0 Å². The molecule has 8 heteroatoms. The predicted octanol–water partition coefficient (Wildman–Crippen LogP) is 7.76. The quantitative estimate of drug-likeness (QED) is 0.119. The Bertz CT molecular complexity index is 1710. The van der Waals surface area contributed by atoms with E-state index in [-0.39, 0.29) is 19.8 Å². The third-order valence-electron chi connectivity index (χ3n) is 7.80. The van der Waals surface area contributed by atoms with Crippen LogP contribution in [0.1, 0.15) is 31.8 Å². The zero-order valence-corrected chi connectivity index (χ0v) is 27.0. The van der Waals surface area contributed by atoms with Crippen molar-refractivity contribution in [1.29, 1.82) is 0 Å². The summed E-state index contributed by atoms with van der Waals surface area (Å²) in [4.78, 5) is 27.7. The van der Waals surface area contributed by atoms with Gasteiger partial charge in [-0.25, -0.2) is 9.59 Å². The SMILES string of the molecule is O=C(OCC1O[C@@H](Sc2ccccc2)C(OCc2ccccc2)[C@@H](OC(=O)c2ccccc2)[C@H]1OCc1ccccc1)c1ccccc1. The van der Waals surface area contributed by atoms with E-state index in [0.717, 1.165) is 16.0 Å². The Hall–Kier alpha value is -4.73. The number of thioether (sulfide) groups is 1. The summed E-state index contributed by atoms with van der Waals surface area (Å²) >= 11 is 1.45. The number of esters is 2. The third kappa shape index (κ3) is 8.99. The van der Waals surface area contributed by atoms with Crippen LogP contribution in [0, 0.1) is 0 Å². The van der Waals surface area contributed by atoms with Gasteiger partial charge in [0.2, 0.25) is 0 Å². The summed E-state index contributed by atoms with van der Waals surface area (Å²) in [6.07, 6.45) is -3.34. The molecule has 244 valence electrons. The Labute approximate surface area is 284 Å². The molecule has 2 unspecified atom stereocenters. The molecule has 1 heterocycles. The molecular weight excluding hydrogens is 625 g/mol. The van der Waals surface area contributed by atoms with Gasteiger partial charge in [-0.05, 0) is 47.5 Å². The first-order valence-electron chi connectivity index (χ1n) is 15.8. The number of carbonyl (C=O) groups is 2. The van der Waals surface area contributed by atoms with Gasteiger partial charge in [0.05, 0.1) is 24.3 Å². The fourth-order valence-corrected chi connectivity index (χ4v) is 6.52. The van der Waals surface area contributed by atoms with E-state index in [9.17, 15) is 9.59 Å². The summed E-state index contributed by atoms with van der Waals surface area (Å²) in [5.74, 6) is -1.01. The van der Waals surface area contributed by atoms with Crippen molar-refractivity contribution in [2.45, 2.75) is 48.0 Å². The lowest BCUT2D eigenvalue weighted by molar-refractivity contribution is -0.236. The Morgan fingerprint density at radius 3 is 1.54 bits per heavy atom. The van der Waals surface area contributed by atoms with Gasteiger partial charge in [-0.3, -0.25) is 0 Å². The second-order valence-electron chi connectivity index (χ2n) is 11.2. The van der Waals surface area contributed by atoms with Crippen molar-refractivity contribution in [3.63, 3.8) is 0 Å². The molecule has 0 aromatic heterocycles. The number of rotatable bonds is 13. The van der Waals surface area contributed by atoms with E-state index >= 15 is 0 Å². The molecule has 0 amide bonds. The molecule has 1 aliphatic rings. The largest absolute Gasteiger partial charge is 0.459 e. The van der Waals surface area contributed by atoms with Gasteiger partial charge in [0.1, 0.15) is 30.4 Å². The second kappa shape index (κ2) is 16.9. The predicted molar refractivity (Wildman–Crippen MR) is 183 cm³/mol. The second-order valence-corrected chi connectivity index (χ2v) is 12.4. The van der Waals surface area contributed by atoms with Crippen LogP contribution < -0.4 is 0 Å². The highest BCUT2D eigenvalue weighted by Crippen LogP contribution is 2.38. The summed E-state index contributed by atoms with van der Waals surface area (Å²) in [5, 5.41) is 0. The van der Waals surface area contributed by atoms with E-state index < -0.39 is 41.8 Å². The smallest absolute Gasteiger partial charge is 0.338 e. The van der Waals surface area contributed by atoms with Crippen molar-refractivity contribution < 1.29 is 33.3 Å². The number of hydrogen-bond acceptors (Lipinski definition) is 8. The van der Waals surface area contributed by atoms with Gasteiger partial charge in [0, 0.05) is 4.90 Å². The average Bonchev–Trinajstić information content (AvgIpc) is 3.15. The van der Waals surface area contributed by atoms with Gasteiger partial charge < -0.3 is 23.7 Å². The van der Waals surface area contributed by atoms with Crippen LogP contribution in [0.3, 0.4) is 0 Å². The highest BCUT2D eigenvalue weighted by molar-refractivity contribution is 7.99. The van der Waals surface area contributed by atoms with E-state index in [0.29, 0.717) is 11.1 Å². The van der Waals surface area contributed by atoms with E-state index in [1.807, 2.05) is 103 Å². The first-order valence-corrected chi connectivity index (χ1v) is 16.7. The van der Waals surface area contributed by atoms with Crippen molar-refractivity contribution in [1.82, 2.24) is 0 Å². The minimum Gasteiger partial charge on any atom is -0.459 e. The number of ether oxygens (including phenoxy) is 5. The Morgan fingerprint density at radius 1 is 0.542 bits per heavy atom. The number of hydrogen-bond donors (Lipinski definition) is 0. The topological polar surface area (TPSA) is 80.3 Å². The molecule has 0 spiro atoms. The molecule has 7 nitrogen and oxygen atoms in total. The minimum absolute atomic E-state index is 0.135. The van der Waals surface area contributed by atoms with Crippen LogP contribution in [0.15, 0.2) is 157 Å². The summed E-state index contributed by atoms with van der Waals surface area (Å²) < 4.78 is 32.1. The van der Waals surface area contributed by atoms with E-state index in [1.54, 1.807) is 48.5 Å². The lowest BCUT2D eigenvalue weighted by Gasteiger charge is -2.45. The summed E-state index contributed by atoms with van der Waals surface area (Å²) in [6, 6.07) is 46.9. The van der Waals surface area contributed by atoms with Crippen LogP contribution in [0.5, 0.6) is 0 Å². The van der Waals surface area contributed by atoms with Crippen LogP contribution in [0.2, 0.25) is 0 Å². The van der Waals surface area contributed by atoms with Gasteiger partial charge in [-0.1, -0.05) is 127 Å². The lowest BCUT2D eigenvalue weighted by atomic mass is 9.98. The van der Waals surface area contributed by atoms with Crippen LogP contribution >= 0.6 is 11.8 Å². The third-order valence-corrected chi connectivity index (χ3v) is 8.95. The molecule has 6 rings (SSSR count). The molecule has 1 fully saturated rings. The molecular formula is C40H36O7S. The fourth-order valence-electron chi connectivity index (χ4n) is 5.37. The molecule has 5 aromatic rings. The number of carbonyl (C=O) groups excluding carboxylic acids is 2. The van der Waals surface area contributed by atoms with Crippen molar-refractivity contribution in [3.8, 4) is 0 Å². The molecule has 1 saturated heterocycles. The summed E-state index contributed by atoms with van der Waals surface area (Å²) in [5.41, 5.74) is 2.04. The monoisotopic (exact) mass is 660 g/mol. The summed E-state index contributed by atoms with van der Waals surface area (Å²) in [7, 11) is 0. The first-order chi connectivity index (χ1) is 23.6. The minimum atomic E-state index is -0.930. The van der Waals surface area contributed by atoms with Crippen LogP contribution in [-0.2, 0) is 36.9 Å². The maximum Gasteiger partial charge on any atom is 0.338 e. The van der Waals surface area contributed by atoms with Crippen LogP contribution in [0.4, 0.5) is 0 Å². The van der Waals surface area contributed by atoms with E-state index in [1.165, 1.54) is 11.8 Å². The molecule has 48 heavy (non-hydrogen) atoms. The van der Waals surface area contributed by atoms with Gasteiger partial charge in [0.15, 0.2) is 6.10 Å². The fraction of sp³-hybridized carbons (Fsp3) is 0.200. The molecule has 0 radical (unpaired) electrons. The molecule has 1 aliphatic heterocycles. The number of benzene rings is 5. The molecule has 0 aliphatic carbocycles. The zero-order chi connectivity index (χ0) is 33.0. The van der Waals surface area contributed by atoms with Crippen molar-refractivity contribution in [2.24, 2.45) is 0 Å². The highest BCUT2D eigenvalue weighted by Gasteiger charge is 2.50. The highest BCUT2D eigenvalue weighted by atomic mass is 32.2. The average molecular weight is 661 g/mol. The molecule has 5 aromatic carbocycles. The Balaban J connectivity index is 1.35.